The van der Waals surface area contributed by atoms with E-state index in [0.717, 1.165) is 22.5 Å². The Kier molecular flexibility index (Phi) is 5.57. The van der Waals surface area contributed by atoms with Gasteiger partial charge in [0.1, 0.15) is 11.8 Å². The number of carbonyl (C=O) groups excluding carboxylic acids is 2. The quantitative estimate of drug-likeness (QED) is 0.602. The summed E-state index contributed by atoms with van der Waals surface area (Å²) in [5.41, 5.74) is 9.04. The summed E-state index contributed by atoms with van der Waals surface area (Å²) in [4.78, 5) is 23.7. The van der Waals surface area contributed by atoms with E-state index < -0.39 is 11.9 Å². The molecule has 0 fully saturated rings. The zero-order valence-corrected chi connectivity index (χ0v) is 13.8. The lowest BCUT2D eigenvalue weighted by Crippen LogP contribution is -2.45. The first-order valence-corrected chi connectivity index (χ1v) is 7.74. The van der Waals surface area contributed by atoms with Gasteiger partial charge in [0.2, 0.25) is 11.8 Å². The van der Waals surface area contributed by atoms with Crippen LogP contribution >= 0.6 is 0 Å². The Labute approximate surface area is 140 Å². The Balaban J connectivity index is 1.92. The van der Waals surface area contributed by atoms with Crippen molar-refractivity contribution < 1.29 is 14.7 Å². The lowest BCUT2D eigenvalue weighted by Gasteiger charge is -2.15. The van der Waals surface area contributed by atoms with Crippen molar-refractivity contribution in [2.24, 2.45) is 5.73 Å². The number of hydrogen-bond donors (Lipinski definition) is 4. The maximum absolute atomic E-state index is 12.1. The minimum atomic E-state index is -0.788. The average molecular weight is 330 g/mol. The highest BCUT2D eigenvalue weighted by Crippen LogP contribution is 2.12. The Morgan fingerprint density at radius 2 is 1.96 bits per heavy atom. The van der Waals surface area contributed by atoms with E-state index in [-0.39, 0.29) is 24.5 Å². The molecule has 2 rings (SSSR count). The van der Waals surface area contributed by atoms with Gasteiger partial charge in [0.05, 0.1) is 5.69 Å². The van der Waals surface area contributed by atoms with Crippen LogP contribution in [0.3, 0.4) is 0 Å². The molecule has 1 heterocycles. The third-order valence-corrected chi connectivity index (χ3v) is 4.00. The van der Waals surface area contributed by atoms with Crippen molar-refractivity contribution >= 4 is 11.8 Å². The number of aromatic nitrogens is 2. The molecule has 1 aromatic carbocycles. The van der Waals surface area contributed by atoms with Gasteiger partial charge in [-0.25, -0.2) is 0 Å². The molecule has 1 atom stereocenters. The van der Waals surface area contributed by atoms with Gasteiger partial charge in [-0.3, -0.25) is 14.7 Å². The number of nitrogens with one attached hydrogen (secondary N) is 2. The smallest absolute Gasteiger partial charge is 0.240 e. The number of nitrogens with zero attached hydrogens (tertiary/aromatic N) is 1. The van der Waals surface area contributed by atoms with Crippen LogP contribution in [0.4, 0.5) is 0 Å². The number of amides is 2. The first kappa shape index (κ1) is 17.5. The summed E-state index contributed by atoms with van der Waals surface area (Å²) in [6, 6.07) is 5.64. The summed E-state index contributed by atoms with van der Waals surface area (Å²) >= 11 is 0. The molecule has 0 spiro atoms. The van der Waals surface area contributed by atoms with E-state index in [1.807, 2.05) is 13.8 Å². The molecule has 0 aliphatic rings. The second-order valence-electron chi connectivity index (χ2n) is 5.81. The summed E-state index contributed by atoms with van der Waals surface area (Å²) in [5.74, 6) is -0.705. The maximum Gasteiger partial charge on any atom is 0.240 e. The molecule has 2 aromatic rings. The van der Waals surface area contributed by atoms with Gasteiger partial charge in [-0.2, -0.15) is 5.10 Å². The molecule has 1 aromatic heterocycles. The van der Waals surface area contributed by atoms with Gasteiger partial charge in [-0.1, -0.05) is 12.1 Å². The third-order valence-electron chi connectivity index (χ3n) is 4.00. The minimum Gasteiger partial charge on any atom is -0.508 e. The van der Waals surface area contributed by atoms with Gasteiger partial charge >= 0.3 is 0 Å². The average Bonchev–Trinajstić information content (AvgIpc) is 2.86. The molecule has 7 nitrogen and oxygen atoms in total. The molecule has 0 radical (unpaired) electrons. The molecule has 24 heavy (non-hydrogen) atoms. The summed E-state index contributed by atoms with van der Waals surface area (Å²) < 4.78 is 0. The number of phenols is 1. The van der Waals surface area contributed by atoms with Gasteiger partial charge in [0, 0.05) is 25.0 Å². The number of hydrogen-bond acceptors (Lipinski definition) is 4. The first-order chi connectivity index (χ1) is 11.4. The molecule has 0 saturated carbocycles. The number of phenolic OH excluding ortho intramolecular Hbond substituents is 1. The van der Waals surface area contributed by atoms with E-state index in [0.29, 0.717) is 6.42 Å². The molecular formula is C17H22N4O3. The minimum absolute atomic E-state index is 0.142. The summed E-state index contributed by atoms with van der Waals surface area (Å²) in [6.45, 7) is 3.87. The Morgan fingerprint density at radius 1 is 1.29 bits per heavy atom. The van der Waals surface area contributed by atoms with E-state index in [4.69, 9.17) is 5.73 Å². The van der Waals surface area contributed by atoms with Crippen LogP contribution in [0.5, 0.6) is 5.75 Å². The van der Waals surface area contributed by atoms with Crippen LogP contribution < -0.4 is 11.1 Å². The highest BCUT2D eigenvalue weighted by Gasteiger charge is 2.19. The number of benzene rings is 1. The molecule has 0 unspecified atom stereocenters. The van der Waals surface area contributed by atoms with Crippen LogP contribution in [0, 0.1) is 13.8 Å². The zero-order chi connectivity index (χ0) is 17.7. The number of H-pyrrole nitrogens is 1. The number of primary amides is 1. The number of carbonyl (C=O) groups is 2. The van der Waals surface area contributed by atoms with E-state index in [9.17, 15) is 14.7 Å². The highest BCUT2D eigenvalue weighted by molar-refractivity contribution is 5.86. The summed E-state index contributed by atoms with van der Waals surface area (Å²) in [6.07, 6.45) is 0.999. The summed E-state index contributed by atoms with van der Waals surface area (Å²) in [5, 5.41) is 19.0. The fraction of sp³-hybridized carbons (Fsp3) is 0.353. The predicted molar refractivity (Wildman–Crippen MR) is 89.3 cm³/mol. The fourth-order valence-electron chi connectivity index (χ4n) is 2.37. The molecule has 5 N–H and O–H groups in total. The molecule has 0 aliphatic heterocycles. The van der Waals surface area contributed by atoms with Crippen molar-refractivity contribution in [3.8, 4) is 5.75 Å². The normalized spacial score (nSPS) is 11.9. The summed E-state index contributed by atoms with van der Waals surface area (Å²) in [7, 11) is 0. The van der Waals surface area contributed by atoms with Crippen LogP contribution in [0.15, 0.2) is 24.3 Å². The third kappa shape index (κ3) is 4.58. The predicted octanol–water partition coefficient (Wildman–Crippen LogP) is 0.878. The zero-order valence-electron chi connectivity index (χ0n) is 13.8. The van der Waals surface area contributed by atoms with Crippen molar-refractivity contribution in [2.45, 2.75) is 39.2 Å². The maximum atomic E-state index is 12.1. The van der Waals surface area contributed by atoms with Crippen molar-refractivity contribution in [1.82, 2.24) is 15.5 Å². The molecule has 0 bridgehead atoms. The van der Waals surface area contributed by atoms with Crippen LogP contribution in [-0.4, -0.2) is 33.2 Å². The van der Waals surface area contributed by atoms with Gasteiger partial charge in [-0.15, -0.1) is 0 Å². The van der Waals surface area contributed by atoms with Crippen molar-refractivity contribution in [3.63, 3.8) is 0 Å². The standard InChI is InChI=1S/C17H22N4O3/c1-10-11(2)20-21-14(10)7-8-16(23)19-15(17(18)24)9-12-3-5-13(22)6-4-12/h3-6,15,22H,7-9H2,1-2H3,(H2,18,24)(H,19,23)(H,20,21)/t15-/m0/s1. The van der Waals surface area contributed by atoms with E-state index >= 15 is 0 Å². The van der Waals surface area contributed by atoms with Gasteiger partial charge < -0.3 is 16.2 Å². The van der Waals surface area contributed by atoms with Gasteiger partial charge in [0.25, 0.3) is 0 Å². The number of nitrogens with two attached hydrogens (primary N) is 1. The van der Waals surface area contributed by atoms with Crippen LogP contribution in [0.25, 0.3) is 0 Å². The topological polar surface area (TPSA) is 121 Å². The second-order valence-corrected chi connectivity index (χ2v) is 5.81. The van der Waals surface area contributed by atoms with Crippen molar-refractivity contribution in [1.29, 1.82) is 0 Å². The number of aromatic amines is 1. The molecule has 7 heteroatoms. The second kappa shape index (κ2) is 7.63. The lowest BCUT2D eigenvalue weighted by molar-refractivity contribution is -0.127. The van der Waals surface area contributed by atoms with E-state index in [1.165, 1.54) is 12.1 Å². The van der Waals surface area contributed by atoms with Crippen molar-refractivity contribution in [2.75, 3.05) is 0 Å². The molecule has 0 saturated heterocycles. The molecule has 2 amide bonds. The monoisotopic (exact) mass is 330 g/mol. The molecule has 128 valence electrons. The Hall–Kier alpha value is -2.83. The van der Waals surface area contributed by atoms with E-state index in [2.05, 4.69) is 15.5 Å². The highest BCUT2D eigenvalue weighted by atomic mass is 16.3. The molecule has 0 aliphatic carbocycles. The fourth-order valence-corrected chi connectivity index (χ4v) is 2.37. The number of aryl methyl sites for hydroxylation is 2. The van der Waals surface area contributed by atoms with Crippen LogP contribution in [0.1, 0.15) is 28.9 Å². The van der Waals surface area contributed by atoms with Gasteiger partial charge in [0.15, 0.2) is 0 Å². The number of rotatable bonds is 7. The van der Waals surface area contributed by atoms with E-state index in [1.54, 1.807) is 12.1 Å². The Bertz CT molecular complexity index is 722. The SMILES string of the molecule is Cc1[nH]nc(CCC(=O)N[C@@H](Cc2ccc(O)cc2)C(N)=O)c1C. The Morgan fingerprint density at radius 3 is 2.50 bits per heavy atom. The van der Waals surface area contributed by atoms with Crippen LogP contribution in [-0.2, 0) is 22.4 Å². The first-order valence-electron chi connectivity index (χ1n) is 7.74. The van der Waals surface area contributed by atoms with Gasteiger partial charge in [-0.05, 0) is 37.1 Å². The van der Waals surface area contributed by atoms with Crippen molar-refractivity contribution in [3.05, 3.63) is 46.8 Å². The number of aromatic hydroxyl groups is 1. The lowest BCUT2D eigenvalue weighted by atomic mass is 10.0. The molecular weight excluding hydrogens is 308 g/mol. The van der Waals surface area contributed by atoms with Crippen LogP contribution in [0.2, 0.25) is 0 Å². The largest absolute Gasteiger partial charge is 0.508 e.